The summed E-state index contributed by atoms with van der Waals surface area (Å²) in [6.45, 7) is 2.62. The van der Waals surface area contributed by atoms with Gasteiger partial charge in [0.05, 0.1) is 19.0 Å². The average Bonchev–Trinajstić information content (AvgIpc) is 3.28. The SMILES string of the molecule is Cc1ccccc1NC(=O)Nc1ccc(CC(=O)N(C)C(C)c2ccn(CC(F)(F)C(=O)O)c2)cn1. The molecule has 36 heavy (non-hydrogen) atoms. The maximum Gasteiger partial charge on any atom is 0.376 e. The van der Waals surface area contributed by atoms with E-state index in [-0.39, 0.29) is 12.3 Å². The Balaban J connectivity index is 1.55. The van der Waals surface area contributed by atoms with Crippen LogP contribution in [0, 0.1) is 6.92 Å². The van der Waals surface area contributed by atoms with Gasteiger partial charge in [0.15, 0.2) is 0 Å². The number of benzene rings is 1. The van der Waals surface area contributed by atoms with Crippen molar-refractivity contribution in [1.82, 2.24) is 14.5 Å². The van der Waals surface area contributed by atoms with Crippen LogP contribution in [0.2, 0.25) is 0 Å². The van der Waals surface area contributed by atoms with Gasteiger partial charge in [-0.3, -0.25) is 10.1 Å². The fourth-order valence-electron chi connectivity index (χ4n) is 3.43. The van der Waals surface area contributed by atoms with Crippen molar-refractivity contribution in [3.63, 3.8) is 0 Å². The number of carbonyl (C=O) groups is 3. The van der Waals surface area contributed by atoms with E-state index in [9.17, 15) is 23.2 Å². The minimum atomic E-state index is -3.89. The van der Waals surface area contributed by atoms with Crippen LogP contribution in [0.1, 0.15) is 29.7 Å². The minimum absolute atomic E-state index is 0.0430. The maximum atomic E-state index is 13.5. The number of aliphatic carboxylic acids is 1. The third-order valence-electron chi connectivity index (χ3n) is 5.74. The standard InChI is InChI=1S/C25H27F2N5O4/c1-16-6-4-5-7-20(16)29-24(36)30-21-9-8-18(13-28-21)12-22(33)31(3)17(2)19-10-11-32(14-19)15-25(26,27)23(34)35/h4-11,13-14,17H,12,15H2,1-3H3,(H,34,35)(H2,28,29,30,36). The Kier molecular flexibility index (Phi) is 8.03. The van der Waals surface area contributed by atoms with Gasteiger partial charge in [0.25, 0.3) is 0 Å². The maximum absolute atomic E-state index is 13.5. The molecule has 0 radical (unpaired) electrons. The zero-order chi connectivity index (χ0) is 26.5. The number of pyridine rings is 1. The highest BCUT2D eigenvalue weighted by molar-refractivity contribution is 5.99. The highest BCUT2D eigenvalue weighted by atomic mass is 19.3. The van der Waals surface area contributed by atoms with Gasteiger partial charge in [-0.25, -0.2) is 14.6 Å². The van der Waals surface area contributed by atoms with Crippen molar-refractivity contribution in [2.75, 3.05) is 17.7 Å². The molecule has 3 aromatic rings. The van der Waals surface area contributed by atoms with Crippen molar-refractivity contribution in [2.45, 2.75) is 38.8 Å². The van der Waals surface area contributed by atoms with E-state index in [0.29, 0.717) is 22.6 Å². The lowest BCUT2D eigenvalue weighted by atomic mass is 10.1. The number of nitrogens with one attached hydrogen (secondary N) is 2. The fraction of sp³-hybridized carbons (Fsp3) is 0.280. The van der Waals surface area contributed by atoms with Gasteiger partial charge in [-0.2, -0.15) is 8.78 Å². The normalized spacial score (nSPS) is 12.0. The zero-order valence-corrected chi connectivity index (χ0v) is 20.0. The predicted octanol–water partition coefficient (Wildman–Crippen LogP) is 4.32. The Morgan fingerprint density at radius 3 is 2.50 bits per heavy atom. The first-order valence-electron chi connectivity index (χ1n) is 11.1. The number of hydrogen-bond acceptors (Lipinski definition) is 4. The van der Waals surface area contributed by atoms with E-state index < -0.39 is 30.5 Å². The monoisotopic (exact) mass is 499 g/mol. The number of amides is 3. The van der Waals surface area contributed by atoms with Gasteiger partial charge in [-0.15, -0.1) is 0 Å². The zero-order valence-electron chi connectivity index (χ0n) is 20.0. The van der Waals surface area contributed by atoms with Crippen molar-refractivity contribution >= 4 is 29.4 Å². The molecule has 0 aliphatic heterocycles. The molecule has 11 heteroatoms. The molecule has 0 aliphatic carbocycles. The summed E-state index contributed by atoms with van der Waals surface area (Å²) in [5.74, 6) is -6.00. The second kappa shape index (κ2) is 11.0. The lowest BCUT2D eigenvalue weighted by molar-refractivity contribution is -0.166. The van der Waals surface area contributed by atoms with Crippen LogP contribution < -0.4 is 10.6 Å². The van der Waals surface area contributed by atoms with Gasteiger partial charge in [0.1, 0.15) is 5.82 Å². The third-order valence-corrected chi connectivity index (χ3v) is 5.74. The van der Waals surface area contributed by atoms with Crippen LogP contribution in [0.4, 0.5) is 25.1 Å². The number of carboxylic acids is 1. The van der Waals surface area contributed by atoms with Crippen LogP contribution in [0.15, 0.2) is 61.1 Å². The molecule has 2 aromatic heterocycles. The molecule has 0 saturated carbocycles. The van der Waals surface area contributed by atoms with Crippen LogP contribution in [0.25, 0.3) is 0 Å². The number of hydrogen-bond donors (Lipinski definition) is 3. The molecule has 3 rings (SSSR count). The molecule has 0 spiro atoms. The Morgan fingerprint density at radius 1 is 1.14 bits per heavy atom. The topological polar surface area (TPSA) is 117 Å². The molecular weight excluding hydrogens is 472 g/mol. The number of urea groups is 1. The number of carboxylic acid groups (broad SMARTS) is 1. The molecule has 9 nitrogen and oxygen atoms in total. The first kappa shape index (κ1) is 26.3. The molecule has 3 amide bonds. The van der Waals surface area contributed by atoms with E-state index in [2.05, 4.69) is 15.6 Å². The largest absolute Gasteiger partial charge is 0.477 e. The molecule has 0 saturated heterocycles. The highest BCUT2D eigenvalue weighted by Crippen LogP contribution is 2.23. The van der Waals surface area contributed by atoms with Crippen molar-refractivity contribution in [3.05, 3.63) is 77.7 Å². The number of rotatable bonds is 9. The smallest absolute Gasteiger partial charge is 0.376 e. The van der Waals surface area contributed by atoms with Gasteiger partial charge >= 0.3 is 17.9 Å². The first-order valence-corrected chi connectivity index (χ1v) is 11.1. The van der Waals surface area contributed by atoms with Crippen LogP contribution in [-0.4, -0.2) is 50.4 Å². The quantitative estimate of drug-likeness (QED) is 0.406. The van der Waals surface area contributed by atoms with Crippen LogP contribution >= 0.6 is 0 Å². The predicted molar refractivity (Wildman–Crippen MR) is 130 cm³/mol. The molecule has 0 bridgehead atoms. The minimum Gasteiger partial charge on any atom is -0.477 e. The summed E-state index contributed by atoms with van der Waals surface area (Å²) in [7, 11) is 1.59. The number of halogens is 2. The number of aryl methyl sites for hydroxylation is 1. The van der Waals surface area contributed by atoms with Gasteiger partial charge in [0.2, 0.25) is 5.91 Å². The van der Waals surface area contributed by atoms with E-state index in [4.69, 9.17) is 5.11 Å². The van der Waals surface area contributed by atoms with E-state index in [1.165, 1.54) is 23.5 Å². The average molecular weight is 500 g/mol. The van der Waals surface area contributed by atoms with E-state index >= 15 is 0 Å². The fourth-order valence-corrected chi connectivity index (χ4v) is 3.43. The van der Waals surface area contributed by atoms with E-state index in [1.54, 1.807) is 38.2 Å². The van der Waals surface area contributed by atoms with E-state index in [1.807, 2.05) is 25.1 Å². The number of alkyl halides is 2. The second-order valence-corrected chi connectivity index (χ2v) is 8.43. The number of aromatic nitrogens is 2. The van der Waals surface area contributed by atoms with Gasteiger partial charge in [0, 0.05) is 31.3 Å². The number of para-hydroxylation sites is 1. The second-order valence-electron chi connectivity index (χ2n) is 8.43. The van der Waals surface area contributed by atoms with Crippen LogP contribution in [-0.2, 0) is 22.6 Å². The highest BCUT2D eigenvalue weighted by Gasteiger charge is 2.39. The lowest BCUT2D eigenvalue weighted by Crippen LogP contribution is -2.33. The van der Waals surface area contributed by atoms with Gasteiger partial charge < -0.3 is 19.9 Å². The summed E-state index contributed by atoms with van der Waals surface area (Å²) < 4.78 is 28.0. The molecule has 0 fully saturated rings. The Hall–Kier alpha value is -4.28. The molecule has 2 heterocycles. The molecule has 3 N–H and O–H groups in total. The molecule has 0 aliphatic rings. The van der Waals surface area contributed by atoms with Gasteiger partial charge in [-0.1, -0.05) is 24.3 Å². The van der Waals surface area contributed by atoms with E-state index in [0.717, 1.165) is 10.1 Å². The first-order chi connectivity index (χ1) is 17.0. The lowest BCUT2D eigenvalue weighted by Gasteiger charge is -2.24. The Bertz CT molecular complexity index is 1240. The summed E-state index contributed by atoms with van der Waals surface area (Å²) in [5, 5.41) is 14.0. The number of anilines is 2. The number of carbonyl (C=O) groups excluding carboxylic acids is 2. The molecule has 1 atom stereocenters. The summed E-state index contributed by atoms with van der Waals surface area (Å²) in [6, 6.07) is 11.3. The van der Waals surface area contributed by atoms with Crippen molar-refractivity contribution in [2.24, 2.45) is 0 Å². The van der Waals surface area contributed by atoms with Crippen LogP contribution in [0.3, 0.4) is 0 Å². The van der Waals surface area contributed by atoms with Gasteiger partial charge in [-0.05, 0) is 48.7 Å². The number of likely N-dealkylation sites (N-methyl/N-ethyl adjacent to an activating group) is 1. The number of nitrogens with zero attached hydrogens (tertiary/aromatic N) is 3. The molecule has 1 unspecified atom stereocenters. The third kappa shape index (κ3) is 6.65. The summed E-state index contributed by atoms with van der Waals surface area (Å²) in [6.07, 6.45) is 4.28. The summed E-state index contributed by atoms with van der Waals surface area (Å²) in [5.41, 5.74) is 2.81. The van der Waals surface area contributed by atoms with Crippen LogP contribution in [0.5, 0.6) is 0 Å². The molecular formula is C25H27F2N5O4. The summed E-state index contributed by atoms with van der Waals surface area (Å²) >= 11 is 0. The molecule has 1 aromatic carbocycles. The Morgan fingerprint density at radius 2 is 1.86 bits per heavy atom. The Labute approximate surface area is 206 Å². The summed E-state index contributed by atoms with van der Waals surface area (Å²) in [4.78, 5) is 41.3. The van der Waals surface area contributed by atoms with Crippen molar-refractivity contribution in [1.29, 1.82) is 0 Å². The van der Waals surface area contributed by atoms with Crippen molar-refractivity contribution in [3.8, 4) is 0 Å². The molecule has 190 valence electrons. The van der Waals surface area contributed by atoms with Crippen molar-refractivity contribution < 1.29 is 28.3 Å².